The first-order valence-electron chi connectivity index (χ1n) is 6.22. The second-order valence-electron chi connectivity index (χ2n) is 4.15. The Bertz CT molecular complexity index is 417. The molecular weight excluding hydrogens is 310 g/mol. The van der Waals surface area contributed by atoms with Gasteiger partial charge in [-0.2, -0.15) is 0 Å². The van der Waals surface area contributed by atoms with Crippen LogP contribution in [-0.4, -0.2) is 32.0 Å². The van der Waals surface area contributed by atoms with Crippen LogP contribution in [0.15, 0.2) is 28.7 Å². The predicted octanol–water partition coefficient (Wildman–Crippen LogP) is 2.56. The van der Waals surface area contributed by atoms with E-state index in [4.69, 9.17) is 4.74 Å². The first-order valence-corrected chi connectivity index (χ1v) is 7.01. The number of carbonyl (C=O) groups is 2. The van der Waals surface area contributed by atoms with E-state index in [1.807, 2.05) is 0 Å². The summed E-state index contributed by atoms with van der Waals surface area (Å²) < 4.78 is 5.81. The zero-order valence-corrected chi connectivity index (χ0v) is 12.5. The van der Waals surface area contributed by atoms with Crippen LogP contribution in [-0.2, 0) is 9.53 Å². The monoisotopic (exact) mass is 327 g/mol. The van der Waals surface area contributed by atoms with Crippen molar-refractivity contribution in [1.82, 2.24) is 5.32 Å². The van der Waals surface area contributed by atoms with Gasteiger partial charge in [0.1, 0.15) is 0 Å². The molecule has 0 bridgehead atoms. The van der Waals surface area contributed by atoms with Gasteiger partial charge >= 0.3 is 0 Å². The maximum Gasteiger partial charge on any atom is 0.292 e. The van der Waals surface area contributed by atoms with Crippen LogP contribution in [0.25, 0.3) is 0 Å². The molecule has 0 saturated carbocycles. The third-order valence-electron chi connectivity index (χ3n) is 2.62. The topological polar surface area (TPSA) is 55.4 Å². The Hall–Kier alpha value is -1.20. The van der Waals surface area contributed by atoms with Crippen LogP contribution in [0.2, 0.25) is 0 Å². The molecule has 0 saturated heterocycles. The van der Waals surface area contributed by atoms with Gasteiger partial charge in [-0.1, -0.05) is 15.9 Å². The van der Waals surface area contributed by atoms with Crippen LogP contribution in [0.4, 0.5) is 0 Å². The highest BCUT2D eigenvalue weighted by atomic mass is 79.9. The van der Waals surface area contributed by atoms with E-state index in [9.17, 15) is 9.59 Å². The van der Waals surface area contributed by atoms with Crippen molar-refractivity contribution in [2.75, 3.05) is 20.3 Å². The highest BCUT2D eigenvalue weighted by Gasteiger charge is 2.14. The number of amides is 1. The van der Waals surface area contributed by atoms with E-state index in [-0.39, 0.29) is 0 Å². The number of hydrogen-bond acceptors (Lipinski definition) is 3. The van der Waals surface area contributed by atoms with Gasteiger partial charge in [-0.25, -0.2) is 0 Å². The summed E-state index contributed by atoms with van der Waals surface area (Å²) in [7, 11) is 1.67. The van der Waals surface area contributed by atoms with Gasteiger partial charge in [-0.05, 0) is 43.5 Å². The smallest absolute Gasteiger partial charge is 0.292 e. The summed E-state index contributed by atoms with van der Waals surface area (Å²) in [6.07, 6.45) is 2.79. The van der Waals surface area contributed by atoms with Crippen molar-refractivity contribution < 1.29 is 14.3 Å². The Balaban J connectivity index is 2.29. The van der Waals surface area contributed by atoms with E-state index in [2.05, 4.69) is 21.2 Å². The first-order chi connectivity index (χ1) is 9.15. The molecule has 1 aromatic carbocycles. The number of Topliss-reactive ketones (excluding diaryl/α,β-unsaturated/α-hetero) is 1. The molecule has 0 aromatic heterocycles. The molecule has 0 atom stereocenters. The molecule has 0 fully saturated rings. The van der Waals surface area contributed by atoms with E-state index < -0.39 is 11.7 Å². The summed E-state index contributed by atoms with van der Waals surface area (Å²) in [6, 6.07) is 6.74. The van der Waals surface area contributed by atoms with Crippen LogP contribution < -0.4 is 5.32 Å². The fourth-order valence-electron chi connectivity index (χ4n) is 1.56. The van der Waals surface area contributed by atoms with Gasteiger partial charge in [0.05, 0.1) is 0 Å². The SMILES string of the molecule is COCCCCCNC(=O)C(=O)c1ccc(Br)cc1. The summed E-state index contributed by atoms with van der Waals surface area (Å²) >= 11 is 3.28. The number of rotatable bonds is 8. The summed E-state index contributed by atoms with van der Waals surface area (Å²) in [4.78, 5) is 23.4. The molecule has 1 amide bonds. The number of ether oxygens (including phenoxy) is 1. The van der Waals surface area contributed by atoms with Crippen LogP contribution in [0.3, 0.4) is 0 Å². The summed E-state index contributed by atoms with van der Waals surface area (Å²) in [5.74, 6) is -1.04. The zero-order valence-electron chi connectivity index (χ0n) is 10.9. The molecule has 0 spiro atoms. The number of benzene rings is 1. The molecule has 0 radical (unpaired) electrons. The molecule has 1 N–H and O–H groups in total. The van der Waals surface area contributed by atoms with Crippen LogP contribution in [0.5, 0.6) is 0 Å². The molecule has 1 rings (SSSR count). The van der Waals surface area contributed by atoms with Crippen molar-refractivity contribution in [2.24, 2.45) is 0 Å². The first kappa shape index (κ1) is 15.9. The minimum absolute atomic E-state index is 0.403. The van der Waals surface area contributed by atoms with Gasteiger partial charge in [-0.3, -0.25) is 9.59 Å². The quantitative estimate of drug-likeness (QED) is 0.453. The van der Waals surface area contributed by atoms with Crippen molar-refractivity contribution >= 4 is 27.6 Å². The minimum Gasteiger partial charge on any atom is -0.385 e. The fourth-order valence-corrected chi connectivity index (χ4v) is 1.83. The van der Waals surface area contributed by atoms with Crippen molar-refractivity contribution in [3.05, 3.63) is 34.3 Å². The summed E-state index contributed by atoms with van der Waals surface area (Å²) in [5, 5.41) is 2.63. The molecule has 0 unspecified atom stereocenters. The number of halogens is 1. The fraction of sp³-hybridized carbons (Fsp3) is 0.429. The van der Waals surface area contributed by atoms with Crippen LogP contribution in [0, 0.1) is 0 Å². The molecule has 0 aliphatic rings. The van der Waals surface area contributed by atoms with Crippen molar-refractivity contribution in [1.29, 1.82) is 0 Å². The highest BCUT2D eigenvalue weighted by Crippen LogP contribution is 2.10. The molecule has 104 valence electrons. The number of unbranched alkanes of at least 4 members (excludes halogenated alkanes) is 2. The van der Waals surface area contributed by atoms with E-state index >= 15 is 0 Å². The Morgan fingerprint density at radius 2 is 1.84 bits per heavy atom. The van der Waals surface area contributed by atoms with Gasteiger partial charge in [-0.15, -0.1) is 0 Å². The second-order valence-corrected chi connectivity index (χ2v) is 5.06. The average molecular weight is 328 g/mol. The maximum atomic E-state index is 11.8. The van der Waals surface area contributed by atoms with Crippen molar-refractivity contribution in [2.45, 2.75) is 19.3 Å². The zero-order chi connectivity index (χ0) is 14.1. The van der Waals surface area contributed by atoms with Gasteiger partial charge in [0.15, 0.2) is 0 Å². The molecule has 19 heavy (non-hydrogen) atoms. The second kappa shape index (κ2) is 8.82. The third-order valence-corrected chi connectivity index (χ3v) is 3.15. The molecule has 1 aromatic rings. The van der Waals surface area contributed by atoms with Crippen LogP contribution in [0.1, 0.15) is 29.6 Å². The lowest BCUT2D eigenvalue weighted by molar-refractivity contribution is -0.117. The summed E-state index contributed by atoms with van der Waals surface area (Å²) in [6.45, 7) is 1.25. The lowest BCUT2D eigenvalue weighted by Crippen LogP contribution is -2.31. The molecule has 0 aliphatic carbocycles. The van der Waals surface area contributed by atoms with Crippen molar-refractivity contribution in [3.8, 4) is 0 Å². The third kappa shape index (κ3) is 5.98. The van der Waals surface area contributed by atoms with Crippen molar-refractivity contribution in [3.63, 3.8) is 0 Å². The van der Waals surface area contributed by atoms with E-state index in [1.165, 1.54) is 0 Å². The molecule has 0 heterocycles. The predicted molar refractivity (Wildman–Crippen MR) is 77.2 cm³/mol. The average Bonchev–Trinajstić information content (AvgIpc) is 2.42. The van der Waals surface area contributed by atoms with Gasteiger partial charge in [0.2, 0.25) is 5.78 Å². The standard InChI is InChI=1S/C14H18BrNO3/c1-19-10-4-2-3-9-16-14(18)13(17)11-5-7-12(15)8-6-11/h5-8H,2-4,9-10H2,1H3,(H,16,18). The maximum absolute atomic E-state index is 11.8. The number of methoxy groups -OCH3 is 1. The van der Waals surface area contributed by atoms with E-state index in [0.29, 0.717) is 12.1 Å². The van der Waals surface area contributed by atoms with Crippen LogP contribution >= 0.6 is 15.9 Å². The van der Waals surface area contributed by atoms with Gasteiger partial charge in [0, 0.05) is 30.3 Å². The highest BCUT2D eigenvalue weighted by molar-refractivity contribution is 9.10. The van der Waals surface area contributed by atoms with Gasteiger partial charge in [0.25, 0.3) is 5.91 Å². The Kier molecular flexibility index (Phi) is 7.36. The van der Waals surface area contributed by atoms with E-state index in [0.717, 1.165) is 30.3 Å². The number of nitrogens with one attached hydrogen (secondary N) is 1. The minimum atomic E-state index is -0.547. The molecule has 4 nitrogen and oxygen atoms in total. The molecular formula is C14H18BrNO3. The Morgan fingerprint density at radius 1 is 1.16 bits per heavy atom. The number of ketones is 1. The van der Waals surface area contributed by atoms with E-state index in [1.54, 1.807) is 31.4 Å². The molecule has 5 heteroatoms. The Morgan fingerprint density at radius 3 is 2.47 bits per heavy atom. The number of hydrogen-bond donors (Lipinski definition) is 1. The largest absolute Gasteiger partial charge is 0.385 e. The Labute approximate surface area is 121 Å². The van der Waals surface area contributed by atoms with Gasteiger partial charge < -0.3 is 10.1 Å². The summed E-state index contributed by atoms with van der Waals surface area (Å²) in [5.41, 5.74) is 0.403. The number of carbonyl (C=O) groups excluding carboxylic acids is 2. The molecule has 0 aliphatic heterocycles. The normalized spacial score (nSPS) is 10.2. The lowest BCUT2D eigenvalue weighted by atomic mass is 10.1. The lowest BCUT2D eigenvalue weighted by Gasteiger charge is -2.04.